The fourth-order valence-corrected chi connectivity index (χ4v) is 4.17. The van der Waals surface area contributed by atoms with Gasteiger partial charge in [0.05, 0.1) is 27.1 Å². The van der Waals surface area contributed by atoms with E-state index in [0.717, 1.165) is 23.2 Å². The molecule has 3 aromatic rings. The molecule has 0 unspecified atom stereocenters. The van der Waals surface area contributed by atoms with Crippen molar-refractivity contribution in [2.45, 2.75) is 32.0 Å². The molecule has 0 atom stereocenters. The highest BCUT2D eigenvalue weighted by molar-refractivity contribution is 7.99. The largest absolute Gasteiger partial charge is 0.493 e. The Labute approximate surface area is 192 Å². The first-order valence-electron chi connectivity index (χ1n) is 10.3. The lowest BCUT2D eigenvalue weighted by molar-refractivity contribution is -0.113. The number of para-hydroxylation sites is 1. The van der Waals surface area contributed by atoms with Gasteiger partial charge in [-0.3, -0.25) is 4.79 Å². The van der Waals surface area contributed by atoms with Crippen molar-refractivity contribution in [3.63, 3.8) is 0 Å². The van der Waals surface area contributed by atoms with Crippen LogP contribution in [-0.2, 0) is 17.8 Å². The third-order valence-corrected chi connectivity index (χ3v) is 5.93. The van der Waals surface area contributed by atoms with Crippen molar-refractivity contribution in [1.82, 2.24) is 14.8 Å². The highest BCUT2D eigenvalue weighted by Crippen LogP contribution is 2.41. The van der Waals surface area contributed by atoms with Crippen LogP contribution < -0.4 is 19.5 Å². The fraction of sp³-hybridized carbons (Fsp3) is 0.348. The first-order chi connectivity index (χ1) is 15.6. The molecule has 32 heavy (non-hydrogen) atoms. The highest BCUT2D eigenvalue weighted by atomic mass is 32.2. The van der Waals surface area contributed by atoms with Gasteiger partial charge in [0.1, 0.15) is 0 Å². The molecule has 1 amide bonds. The summed E-state index contributed by atoms with van der Waals surface area (Å²) >= 11 is 1.35. The van der Waals surface area contributed by atoms with Gasteiger partial charge in [-0.2, -0.15) is 0 Å². The summed E-state index contributed by atoms with van der Waals surface area (Å²) in [4.78, 5) is 12.5. The number of hydrogen-bond donors (Lipinski definition) is 1. The number of benzene rings is 2. The highest BCUT2D eigenvalue weighted by Gasteiger charge is 2.20. The van der Waals surface area contributed by atoms with Crippen LogP contribution in [0.15, 0.2) is 41.6 Å². The summed E-state index contributed by atoms with van der Waals surface area (Å²) in [5.41, 5.74) is 2.73. The predicted octanol–water partition coefficient (Wildman–Crippen LogP) is 4.28. The number of carbonyl (C=O) groups excluding carboxylic acids is 1. The number of anilines is 1. The van der Waals surface area contributed by atoms with Crippen molar-refractivity contribution in [3.05, 3.63) is 42.0 Å². The number of methoxy groups -OCH3 is 3. The molecule has 170 valence electrons. The van der Waals surface area contributed by atoms with Gasteiger partial charge in [0.15, 0.2) is 22.5 Å². The topological polar surface area (TPSA) is 87.5 Å². The number of nitrogens with one attached hydrogen (secondary N) is 1. The van der Waals surface area contributed by atoms with E-state index in [4.69, 9.17) is 14.2 Å². The maximum Gasteiger partial charge on any atom is 0.234 e. The number of thioether (sulfide) groups is 1. The number of ether oxygens (including phenoxy) is 3. The molecule has 2 aromatic carbocycles. The van der Waals surface area contributed by atoms with Crippen LogP contribution in [0.3, 0.4) is 0 Å². The zero-order valence-electron chi connectivity index (χ0n) is 19.0. The van der Waals surface area contributed by atoms with E-state index < -0.39 is 0 Å². The van der Waals surface area contributed by atoms with Gasteiger partial charge in [0, 0.05) is 17.8 Å². The van der Waals surface area contributed by atoms with E-state index in [9.17, 15) is 4.79 Å². The maximum atomic E-state index is 12.5. The third-order valence-electron chi connectivity index (χ3n) is 4.96. The Bertz CT molecular complexity index is 1060. The van der Waals surface area contributed by atoms with Gasteiger partial charge in [-0.05, 0) is 37.1 Å². The second-order valence-electron chi connectivity index (χ2n) is 6.81. The van der Waals surface area contributed by atoms with Crippen LogP contribution >= 0.6 is 11.8 Å². The summed E-state index contributed by atoms with van der Waals surface area (Å²) in [7, 11) is 4.71. The van der Waals surface area contributed by atoms with E-state index in [1.54, 1.807) is 21.3 Å². The molecule has 8 nitrogen and oxygen atoms in total. The SMILES string of the molecule is CCc1ccccc1NC(=O)CSc1nnc(-c2cc(OC)c(OC)c(OC)c2)n1CC. The first-order valence-corrected chi connectivity index (χ1v) is 11.3. The molecule has 0 aliphatic carbocycles. The number of aryl methyl sites for hydroxylation is 1. The normalized spacial score (nSPS) is 10.7. The van der Waals surface area contributed by atoms with Gasteiger partial charge in [-0.15, -0.1) is 10.2 Å². The average molecular weight is 457 g/mol. The Morgan fingerprint density at radius 1 is 1.03 bits per heavy atom. The quantitative estimate of drug-likeness (QED) is 0.456. The molecule has 1 N–H and O–H groups in total. The minimum absolute atomic E-state index is 0.0871. The summed E-state index contributed by atoms with van der Waals surface area (Å²) in [5.74, 6) is 2.39. The predicted molar refractivity (Wildman–Crippen MR) is 126 cm³/mol. The molecule has 9 heteroatoms. The van der Waals surface area contributed by atoms with E-state index in [0.29, 0.717) is 34.8 Å². The number of nitrogens with zero attached hydrogens (tertiary/aromatic N) is 3. The molecule has 0 aliphatic heterocycles. The number of carbonyl (C=O) groups is 1. The molecule has 0 aliphatic rings. The number of rotatable bonds is 10. The van der Waals surface area contributed by atoms with E-state index in [2.05, 4.69) is 22.4 Å². The molecule has 1 aromatic heterocycles. The van der Waals surface area contributed by atoms with Gasteiger partial charge in [0.25, 0.3) is 0 Å². The summed E-state index contributed by atoms with van der Waals surface area (Å²) in [6.45, 7) is 4.71. The molecule has 3 rings (SSSR count). The van der Waals surface area contributed by atoms with Crippen LogP contribution in [0.5, 0.6) is 17.2 Å². The lowest BCUT2D eigenvalue weighted by Crippen LogP contribution is -2.15. The smallest absolute Gasteiger partial charge is 0.234 e. The lowest BCUT2D eigenvalue weighted by atomic mass is 10.1. The molecule has 1 heterocycles. The van der Waals surface area contributed by atoms with Crippen molar-refractivity contribution < 1.29 is 19.0 Å². The standard InChI is InChI=1S/C23H28N4O4S/c1-6-15-10-8-9-11-17(15)24-20(28)14-32-23-26-25-22(27(23)7-2)16-12-18(29-3)21(31-5)19(13-16)30-4/h8-13H,6-7,14H2,1-5H3,(H,24,28). The Kier molecular flexibility index (Phi) is 7.99. The zero-order chi connectivity index (χ0) is 23.1. The van der Waals surface area contributed by atoms with Gasteiger partial charge >= 0.3 is 0 Å². The molecule has 0 bridgehead atoms. The van der Waals surface area contributed by atoms with E-state index in [1.165, 1.54) is 11.8 Å². The van der Waals surface area contributed by atoms with Crippen LogP contribution in [0, 0.1) is 0 Å². The van der Waals surface area contributed by atoms with Gasteiger partial charge in [0.2, 0.25) is 11.7 Å². The van der Waals surface area contributed by atoms with Crippen molar-refractivity contribution in [2.75, 3.05) is 32.4 Å². The van der Waals surface area contributed by atoms with Crippen LogP contribution in [0.25, 0.3) is 11.4 Å². The first kappa shape index (κ1) is 23.5. The molecule has 0 saturated carbocycles. The lowest BCUT2D eigenvalue weighted by Gasteiger charge is -2.14. The summed E-state index contributed by atoms with van der Waals surface area (Å²) in [6.07, 6.45) is 0.853. The van der Waals surface area contributed by atoms with Crippen molar-refractivity contribution >= 4 is 23.4 Å². The number of hydrogen-bond acceptors (Lipinski definition) is 7. The van der Waals surface area contributed by atoms with Gasteiger partial charge in [-0.1, -0.05) is 36.9 Å². The Morgan fingerprint density at radius 3 is 2.31 bits per heavy atom. The molecule has 0 spiro atoms. The Balaban J connectivity index is 1.80. The molecule has 0 saturated heterocycles. The monoisotopic (exact) mass is 456 g/mol. The van der Waals surface area contributed by atoms with Crippen LogP contribution in [0.1, 0.15) is 19.4 Å². The molecule has 0 fully saturated rings. The second-order valence-corrected chi connectivity index (χ2v) is 7.75. The summed E-state index contributed by atoms with van der Waals surface area (Å²) in [5, 5.41) is 12.3. The van der Waals surface area contributed by atoms with Gasteiger partial charge < -0.3 is 24.1 Å². The minimum atomic E-state index is -0.0871. The molecular weight excluding hydrogens is 428 g/mol. The van der Waals surface area contributed by atoms with Crippen molar-refractivity contribution in [3.8, 4) is 28.6 Å². The van der Waals surface area contributed by atoms with Crippen LogP contribution in [0.2, 0.25) is 0 Å². The van der Waals surface area contributed by atoms with E-state index in [-0.39, 0.29) is 11.7 Å². The van der Waals surface area contributed by atoms with E-state index >= 15 is 0 Å². The van der Waals surface area contributed by atoms with Gasteiger partial charge in [-0.25, -0.2) is 0 Å². The third kappa shape index (κ3) is 4.99. The zero-order valence-corrected chi connectivity index (χ0v) is 19.8. The van der Waals surface area contributed by atoms with Crippen molar-refractivity contribution in [2.24, 2.45) is 0 Å². The van der Waals surface area contributed by atoms with Crippen LogP contribution in [0.4, 0.5) is 5.69 Å². The molecule has 0 radical (unpaired) electrons. The minimum Gasteiger partial charge on any atom is -0.493 e. The number of amides is 1. The van der Waals surface area contributed by atoms with Crippen LogP contribution in [-0.4, -0.2) is 47.8 Å². The summed E-state index contributed by atoms with van der Waals surface area (Å²) < 4.78 is 18.3. The maximum absolute atomic E-state index is 12.5. The molecular formula is C23H28N4O4S. The summed E-state index contributed by atoms with van der Waals surface area (Å²) in [6, 6.07) is 11.5. The second kappa shape index (κ2) is 10.9. The fourth-order valence-electron chi connectivity index (χ4n) is 3.37. The van der Waals surface area contributed by atoms with E-state index in [1.807, 2.05) is 47.9 Å². The Morgan fingerprint density at radius 2 is 1.72 bits per heavy atom. The number of aromatic nitrogens is 3. The van der Waals surface area contributed by atoms with Crippen molar-refractivity contribution in [1.29, 1.82) is 0 Å². The Hall–Kier alpha value is -3.20. The average Bonchev–Trinajstić information content (AvgIpc) is 3.24.